The summed E-state index contributed by atoms with van der Waals surface area (Å²) in [6.45, 7) is 5.78. The van der Waals surface area contributed by atoms with E-state index >= 15 is 0 Å². The molecule has 2 aromatic carbocycles. The molecule has 1 heterocycles. The largest absolute Gasteiger partial charge is 0.295 e. The minimum atomic E-state index is -0.224. The second kappa shape index (κ2) is 5.76. The topological polar surface area (TPSA) is 20.3 Å². The number of halogens is 1. The molecule has 0 spiro atoms. The third-order valence-electron chi connectivity index (χ3n) is 3.96. The number of rotatable bonds is 2. The number of anilines is 1. The number of benzene rings is 2. The Morgan fingerprint density at radius 1 is 1.09 bits per heavy atom. The Morgan fingerprint density at radius 2 is 1.86 bits per heavy atom. The zero-order chi connectivity index (χ0) is 15.9. The summed E-state index contributed by atoms with van der Waals surface area (Å²) in [5.41, 5.74) is 4.59. The number of amides is 1. The fourth-order valence-electron chi connectivity index (χ4n) is 2.77. The molecule has 1 aliphatic heterocycles. The Kier molecular flexibility index (Phi) is 3.96. The van der Waals surface area contributed by atoms with Gasteiger partial charge in [-0.1, -0.05) is 29.8 Å². The number of hydrogen-bond donors (Lipinski definition) is 0. The van der Waals surface area contributed by atoms with Gasteiger partial charge in [0.15, 0.2) is 0 Å². The van der Waals surface area contributed by atoms with Gasteiger partial charge in [0, 0.05) is 5.69 Å². The van der Waals surface area contributed by atoms with Crippen molar-refractivity contribution in [2.45, 2.75) is 26.1 Å². The minimum Gasteiger partial charge on any atom is -0.295 e. The highest BCUT2D eigenvalue weighted by Crippen LogP contribution is 2.43. The van der Waals surface area contributed by atoms with Gasteiger partial charge in [-0.2, -0.15) is 0 Å². The summed E-state index contributed by atoms with van der Waals surface area (Å²) < 4.78 is 13.9. The first-order valence-corrected chi connectivity index (χ1v) is 8.29. The molecule has 1 fully saturated rings. The maximum atomic E-state index is 13.9. The Labute approximate surface area is 134 Å². The van der Waals surface area contributed by atoms with E-state index in [1.165, 1.54) is 5.56 Å². The van der Waals surface area contributed by atoms with Crippen LogP contribution in [0, 0.1) is 26.6 Å². The van der Waals surface area contributed by atoms with Crippen LogP contribution in [0.3, 0.4) is 0 Å². The van der Waals surface area contributed by atoms with E-state index in [1.54, 1.807) is 35.7 Å². The van der Waals surface area contributed by atoms with Gasteiger partial charge in [-0.3, -0.25) is 9.69 Å². The molecule has 1 atom stereocenters. The van der Waals surface area contributed by atoms with Gasteiger partial charge < -0.3 is 0 Å². The van der Waals surface area contributed by atoms with Crippen molar-refractivity contribution in [3.63, 3.8) is 0 Å². The average molecular weight is 315 g/mol. The molecule has 3 rings (SSSR count). The molecule has 0 aliphatic carbocycles. The second-order valence-electron chi connectivity index (χ2n) is 5.73. The molecule has 1 unspecified atom stereocenters. The fraction of sp³-hybridized carbons (Fsp3) is 0.278. The molecule has 114 valence electrons. The monoisotopic (exact) mass is 315 g/mol. The Balaban J connectivity index is 2.03. The summed E-state index contributed by atoms with van der Waals surface area (Å²) in [5, 5.41) is -0.163. The van der Waals surface area contributed by atoms with Crippen LogP contribution in [0.25, 0.3) is 0 Å². The quantitative estimate of drug-likeness (QED) is 0.811. The van der Waals surface area contributed by atoms with Gasteiger partial charge in [-0.15, -0.1) is 11.8 Å². The van der Waals surface area contributed by atoms with Crippen LogP contribution in [0.4, 0.5) is 10.1 Å². The van der Waals surface area contributed by atoms with Crippen molar-refractivity contribution >= 4 is 23.4 Å². The van der Waals surface area contributed by atoms with Crippen molar-refractivity contribution < 1.29 is 9.18 Å². The van der Waals surface area contributed by atoms with Gasteiger partial charge in [0.25, 0.3) is 0 Å². The zero-order valence-electron chi connectivity index (χ0n) is 12.9. The van der Waals surface area contributed by atoms with Crippen molar-refractivity contribution in [3.05, 3.63) is 64.5 Å². The van der Waals surface area contributed by atoms with Gasteiger partial charge in [-0.05, 0) is 49.6 Å². The first-order chi connectivity index (χ1) is 10.5. The number of nitrogens with zero attached hydrogens (tertiary/aromatic N) is 1. The third-order valence-corrected chi connectivity index (χ3v) is 5.17. The number of carbonyl (C=O) groups is 1. The smallest absolute Gasteiger partial charge is 0.238 e. The van der Waals surface area contributed by atoms with E-state index in [2.05, 4.69) is 6.07 Å². The minimum absolute atomic E-state index is 0.0722. The van der Waals surface area contributed by atoms with Crippen molar-refractivity contribution in [2.75, 3.05) is 10.7 Å². The lowest BCUT2D eigenvalue weighted by atomic mass is 10.1. The van der Waals surface area contributed by atoms with E-state index in [1.807, 2.05) is 32.0 Å². The highest BCUT2D eigenvalue weighted by atomic mass is 32.2. The van der Waals surface area contributed by atoms with E-state index in [0.29, 0.717) is 11.3 Å². The van der Waals surface area contributed by atoms with E-state index in [0.717, 1.165) is 16.8 Å². The van der Waals surface area contributed by atoms with E-state index in [4.69, 9.17) is 0 Å². The van der Waals surface area contributed by atoms with Crippen LogP contribution in [-0.4, -0.2) is 11.7 Å². The van der Waals surface area contributed by atoms with Crippen molar-refractivity contribution in [2.24, 2.45) is 0 Å². The SMILES string of the molecule is Cc1ccc(N2C(=O)CSC2c2ccc(C)c(F)c2)c(C)c1. The predicted molar refractivity (Wildman–Crippen MR) is 89.7 cm³/mol. The lowest BCUT2D eigenvalue weighted by Gasteiger charge is -2.26. The molecule has 1 aliphatic rings. The molecule has 0 N–H and O–H groups in total. The normalized spacial score (nSPS) is 18.1. The highest BCUT2D eigenvalue weighted by Gasteiger charge is 2.35. The van der Waals surface area contributed by atoms with E-state index in [9.17, 15) is 9.18 Å². The number of aryl methyl sites for hydroxylation is 3. The first-order valence-electron chi connectivity index (χ1n) is 7.24. The van der Waals surface area contributed by atoms with Gasteiger partial charge >= 0.3 is 0 Å². The molecular weight excluding hydrogens is 297 g/mol. The van der Waals surface area contributed by atoms with Crippen LogP contribution >= 0.6 is 11.8 Å². The second-order valence-corrected chi connectivity index (χ2v) is 6.79. The maximum absolute atomic E-state index is 13.9. The molecule has 0 radical (unpaired) electrons. The first kappa shape index (κ1) is 15.1. The third kappa shape index (κ3) is 2.63. The Hall–Kier alpha value is -1.81. The van der Waals surface area contributed by atoms with Crippen LogP contribution in [-0.2, 0) is 4.79 Å². The molecule has 4 heteroatoms. The molecule has 0 saturated carbocycles. The standard InChI is InChI=1S/C18H18FNOS/c1-11-4-7-16(13(3)8-11)20-17(21)10-22-18(20)14-6-5-12(2)15(19)9-14/h4-9,18H,10H2,1-3H3. The molecule has 2 aromatic rings. The molecule has 1 saturated heterocycles. The van der Waals surface area contributed by atoms with Gasteiger partial charge in [0.05, 0.1) is 5.75 Å². The Bertz CT molecular complexity index is 744. The maximum Gasteiger partial charge on any atom is 0.238 e. The summed E-state index contributed by atoms with van der Waals surface area (Å²) in [6, 6.07) is 11.3. The van der Waals surface area contributed by atoms with Crippen LogP contribution < -0.4 is 4.90 Å². The summed E-state index contributed by atoms with van der Waals surface area (Å²) >= 11 is 1.54. The molecular formula is C18H18FNOS. The van der Waals surface area contributed by atoms with Crippen LogP contribution in [0.1, 0.15) is 27.6 Å². The lowest BCUT2D eigenvalue weighted by Crippen LogP contribution is -2.28. The van der Waals surface area contributed by atoms with Crippen LogP contribution in [0.5, 0.6) is 0 Å². The molecule has 2 nitrogen and oxygen atoms in total. The van der Waals surface area contributed by atoms with Gasteiger partial charge in [0.1, 0.15) is 11.2 Å². The summed E-state index contributed by atoms with van der Waals surface area (Å²) in [4.78, 5) is 14.2. The molecule has 0 bridgehead atoms. The molecule has 22 heavy (non-hydrogen) atoms. The summed E-state index contributed by atoms with van der Waals surface area (Å²) in [5.74, 6) is 0.272. The number of carbonyl (C=O) groups excluding carboxylic acids is 1. The van der Waals surface area contributed by atoms with Gasteiger partial charge in [-0.25, -0.2) is 4.39 Å². The van der Waals surface area contributed by atoms with E-state index in [-0.39, 0.29) is 17.1 Å². The summed E-state index contributed by atoms with van der Waals surface area (Å²) in [6.07, 6.45) is 0. The zero-order valence-corrected chi connectivity index (χ0v) is 13.7. The number of thioether (sulfide) groups is 1. The lowest BCUT2D eigenvalue weighted by molar-refractivity contribution is -0.115. The highest BCUT2D eigenvalue weighted by molar-refractivity contribution is 8.00. The van der Waals surface area contributed by atoms with Gasteiger partial charge in [0.2, 0.25) is 5.91 Å². The van der Waals surface area contributed by atoms with Crippen LogP contribution in [0.2, 0.25) is 0 Å². The predicted octanol–water partition coefficient (Wildman–Crippen LogP) is 4.53. The number of hydrogen-bond acceptors (Lipinski definition) is 2. The molecule has 0 aromatic heterocycles. The Morgan fingerprint density at radius 3 is 2.55 bits per heavy atom. The fourth-order valence-corrected chi connectivity index (χ4v) is 3.93. The van der Waals surface area contributed by atoms with Crippen molar-refractivity contribution in [1.82, 2.24) is 0 Å². The molecule has 1 amide bonds. The van der Waals surface area contributed by atoms with Crippen molar-refractivity contribution in [3.8, 4) is 0 Å². The van der Waals surface area contributed by atoms with E-state index < -0.39 is 0 Å². The summed E-state index contributed by atoms with van der Waals surface area (Å²) in [7, 11) is 0. The van der Waals surface area contributed by atoms with Crippen molar-refractivity contribution in [1.29, 1.82) is 0 Å². The average Bonchev–Trinajstić information content (AvgIpc) is 2.84. The van der Waals surface area contributed by atoms with Crippen LogP contribution in [0.15, 0.2) is 36.4 Å².